The first-order chi connectivity index (χ1) is 6.61. The zero-order valence-electron chi connectivity index (χ0n) is 8.84. The van der Waals surface area contributed by atoms with Crippen molar-refractivity contribution in [2.45, 2.75) is 33.2 Å². The average molecular weight is 214 g/mol. The molecular formula is C10H16ClN3. The summed E-state index contributed by atoms with van der Waals surface area (Å²) >= 11 is 5.65. The summed E-state index contributed by atoms with van der Waals surface area (Å²) in [5.41, 5.74) is 0.984. The molecule has 0 aliphatic rings. The first-order valence-corrected chi connectivity index (χ1v) is 5.30. The molecule has 0 aliphatic heterocycles. The molecule has 14 heavy (non-hydrogen) atoms. The van der Waals surface area contributed by atoms with Crippen molar-refractivity contribution >= 4 is 17.4 Å². The Labute approximate surface area is 89.9 Å². The van der Waals surface area contributed by atoms with Gasteiger partial charge in [-0.2, -0.15) is 0 Å². The number of hydrogen-bond donors (Lipinski definition) is 1. The van der Waals surface area contributed by atoms with Gasteiger partial charge in [0.05, 0.1) is 0 Å². The van der Waals surface area contributed by atoms with Crippen LogP contribution in [0, 0.1) is 13.8 Å². The Morgan fingerprint density at radius 1 is 1.43 bits per heavy atom. The standard InChI is InChI=1S/C10H16ClN3/c1-7(4-5-11)13-10-6-8(2)12-9(3)14-10/h6-7H,4-5H2,1-3H3,(H,12,13,14). The molecular weight excluding hydrogens is 198 g/mol. The Balaban J connectivity index is 2.66. The molecule has 1 aromatic heterocycles. The predicted octanol–water partition coefficient (Wildman–Crippen LogP) is 2.52. The van der Waals surface area contributed by atoms with Crippen LogP contribution in [0.1, 0.15) is 24.9 Å². The van der Waals surface area contributed by atoms with E-state index in [1.165, 1.54) is 0 Å². The van der Waals surface area contributed by atoms with Gasteiger partial charge in [0.25, 0.3) is 0 Å². The summed E-state index contributed by atoms with van der Waals surface area (Å²) in [6.45, 7) is 5.95. The van der Waals surface area contributed by atoms with E-state index in [1.807, 2.05) is 19.9 Å². The lowest BCUT2D eigenvalue weighted by Crippen LogP contribution is -2.17. The van der Waals surface area contributed by atoms with Gasteiger partial charge in [-0.05, 0) is 27.2 Å². The van der Waals surface area contributed by atoms with Crippen LogP contribution in [0.5, 0.6) is 0 Å². The Hall–Kier alpha value is -0.830. The number of aryl methyl sites for hydroxylation is 2. The summed E-state index contributed by atoms with van der Waals surface area (Å²) in [7, 11) is 0. The molecule has 1 N–H and O–H groups in total. The minimum atomic E-state index is 0.348. The van der Waals surface area contributed by atoms with Crippen LogP contribution >= 0.6 is 11.6 Å². The Bertz CT molecular complexity index is 281. The van der Waals surface area contributed by atoms with Crippen molar-refractivity contribution < 1.29 is 0 Å². The second kappa shape index (κ2) is 5.15. The average Bonchev–Trinajstić information content (AvgIpc) is 2.01. The number of halogens is 1. The van der Waals surface area contributed by atoms with E-state index < -0.39 is 0 Å². The first kappa shape index (κ1) is 11.2. The number of anilines is 1. The number of nitrogens with one attached hydrogen (secondary N) is 1. The van der Waals surface area contributed by atoms with Gasteiger partial charge in [-0.25, -0.2) is 9.97 Å². The number of nitrogens with zero attached hydrogens (tertiary/aromatic N) is 2. The summed E-state index contributed by atoms with van der Waals surface area (Å²) in [4.78, 5) is 8.50. The maximum absolute atomic E-state index is 5.65. The van der Waals surface area contributed by atoms with Gasteiger partial charge in [0, 0.05) is 23.7 Å². The van der Waals surface area contributed by atoms with E-state index >= 15 is 0 Å². The highest BCUT2D eigenvalue weighted by atomic mass is 35.5. The molecule has 1 rings (SSSR count). The maximum Gasteiger partial charge on any atom is 0.130 e. The smallest absolute Gasteiger partial charge is 0.130 e. The minimum absolute atomic E-state index is 0.348. The van der Waals surface area contributed by atoms with Crippen molar-refractivity contribution in [2.24, 2.45) is 0 Å². The van der Waals surface area contributed by atoms with E-state index in [-0.39, 0.29) is 0 Å². The highest BCUT2D eigenvalue weighted by Crippen LogP contribution is 2.08. The van der Waals surface area contributed by atoms with Gasteiger partial charge >= 0.3 is 0 Å². The normalized spacial score (nSPS) is 12.6. The molecule has 1 atom stereocenters. The fraction of sp³-hybridized carbons (Fsp3) is 0.600. The zero-order chi connectivity index (χ0) is 10.6. The molecule has 1 aromatic rings. The Kier molecular flexibility index (Phi) is 4.14. The van der Waals surface area contributed by atoms with E-state index in [0.29, 0.717) is 11.9 Å². The molecule has 0 spiro atoms. The van der Waals surface area contributed by atoms with Crippen molar-refractivity contribution in [2.75, 3.05) is 11.2 Å². The molecule has 0 fully saturated rings. The number of hydrogen-bond acceptors (Lipinski definition) is 3. The van der Waals surface area contributed by atoms with Crippen LogP contribution in [-0.4, -0.2) is 21.9 Å². The summed E-state index contributed by atoms with van der Waals surface area (Å²) in [5, 5.41) is 3.29. The van der Waals surface area contributed by atoms with Gasteiger partial charge in [-0.1, -0.05) is 0 Å². The highest BCUT2D eigenvalue weighted by Gasteiger charge is 2.03. The van der Waals surface area contributed by atoms with Crippen LogP contribution in [0.15, 0.2) is 6.07 Å². The van der Waals surface area contributed by atoms with E-state index in [0.717, 1.165) is 23.8 Å². The van der Waals surface area contributed by atoms with Crippen LogP contribution in [-0.2, 0) is 0 Å². The van der Waals surface area contributed by atoms with E-state index in [2.05, 4.69) is 22.2 Å². The number of aromatic nitrogens is 2. The van der Waals surface area contributed by atoms with Gasteiger partial charge in [-0.15, -0.1) is 11.6 Å². The topological polar surface area (TPSA) is 37.8 Å². The minimum Gasteiger partial charge on any atom is -0.367 e. The van der Waals surface area contributed by atoms with Crippen LogP contribution in [0.3, 0.4) is 0 Å². The largest absolute Gasteiger partial charge is 0.367 e. The highest BCUT2D eigenvalue weighted by molar-refractivity contribution is 6.17. The number of alkyl halides is 1. The lowest BCUT2D eigenvalue weighted by atomic mass is 10.2. The molecule has 1 unspecified atom stereocenters. The van der Waals surface area contributed by atoms with Crippen LogP contribution in [0.4, 0.5) is 5.82 Å². The molecule has 0 aliphatic carbocycles. The summed E-state index contributed by atoms with van der Waals surface area (Å²) in [6, 6.07) is 2.29. The second-order valence-electron chi connectivity index (χ2n) is 3.46. The van der Waals surface area contributed by atoms with E-state index in [9.17, 15) is 0 Å². The van der Waals surface area contributed by atoms with Crippen molar-refractivity contribution in [3.63, 3.8) is 0 Å². The van der Waals surface area contributed by atoms with Crippen LogP contribution < -0.4 is 5.32 Å². The molecule has 0 radical (unpaired) electrons. The lowest BCUT2D eigenvalue weighted by Gasteiger charge is -2.13. The van der Waals surface area contributed by atoms with Crippen molar-refractivity contribution in [3.05, 3.63) is 17.6 Å². The van der Waals surface area contributed by atoms with Crippen molar-refractivity contribution in [1.29, 1.82) is 0 Å². The summed E-state index contributed by atoms with van der Waals surface area (Å²) < 4.78 is 0. The molecule has 0 aromatic carbocycles. The third-order valence-electron chi connectivity index (χ3n) is 1.90. The van der Waals surface area contributed by atoms with Crippen LogP contribution in [0.25, 0.3) is 0 Å². The predicted molar refractivity (Wildman–Crippen MR) is 59.9 cm³/mol. The summed E-state index contributed by atoms with van der Waals surface area (Å²) in [5.74, 6) is 2.34. The van der Waals surface area contributed by atoms with Gasteiger partial charge in [0.1, 0.15) is 11.6 Å². The zero-order valence-corrected chi connectivity index (χ0v) is 9.60. The fourth-order valence-corrected chi connectivity index (χ4v) is 1.61. The maximum atomic E-state index is 5.65. The van der Waals surface area contributed by atoms with E-state index in [1.54, 1.807) is 0 Å². The fourth-order valence-electron chi connectivity index (χ4n) is 1.28. The molecule has 78 valence electrons. The molecule has 1 heterocycles. The van der Waals surface area contributed by atoms with Crippen molar-refractivity contribution in [3.8, 4) is 0 Å². The third-order valence-corrected chi connectivity index (χ3v) is 2.12. The Morgan fingerprint density at radius 2 is 2.14 bits per heavy atom. The van der Waals surface area contributed by atoms with Gasteiger partial charge in [0.15, 0.2) is 0 Å². The number of rotatable bonds is 4. The first-order valence-electron chi connectivity index (χ1n) is 4.76. The second-order valence-corrected chi connectivity index (χ2v) is 3.84. The quantitative estimate of drug-likeness (QED) is 0.782. The molecule has 0 saturated carbocycles. The van der Waals surface area contributed by atoms with Gasteiger partial charge in [0.2, 0.25) is 0 Å². The molecule has 4 heteroatoms. The van der Waals surface area contributed by atoms with Gasteiger partial charge in [-0.3, -0.25) is 0 Å². The lowest BCUT2D eigenvalue weighted by molar-refractivity contribution is 0.761. The van der Waals surface area contributed by atoms with Crippen LogP contribution in [0.2, 0.25) is 0 Å². The Morgan fingerprint density at radius 3 is 2.71 bits per heavy atom. The summed E-state index contributed by atoms with van der Waals surface area (Å²) in [6.07, 6.45) is 0.934. The molecule has 3 nitrogen and oxygen atoms in total. The molecule has 0 bridgehead atoms. The molecule has 0 amide bonds. The third kappa shape index (κ3) is 3.50. The van der Waals surface area contributed by atoms with Gasteiger partial charge < -0.3 is 5.32 Å². The van der Waals surface area contributed by atoms with E-state index in [4.69, 9.17) is 11.6 Å². The molecule has 0 saturated heterocycles. The monoisotopic (exact) mass is 213 g/mol. The van der Waals surface area contributed by atoms with Crippen molar-refractivity contribution in [1.82, 2.24) is 9.97 Å². The SMILES string of the molecule is Cc1cc(NC(C)CCCl)nc(C)n1.